The van der Waals surface area contributed by atoms with Crippen LogP contribution in [0.15, 0.2) is 0 Å². The van der Waals surface area contributed by atoms with Crippen molar-refractivity contribution in [1.29, 1.82) is 0 Å². The summed E-state index contributed by atoms with van der Waals surface area (Å²) in [6, 6.07) is -0.588. The zero-order chi connectivity index (χ0) is 15.4. The van der Waals surface area contributed by atoms with Crippen molar-refractivity contribution < 1.29 is 27.2 Å². The Kier molecular flexibility index (Phi) is 6.42. The molecule has 1 unspecified atom stereocenters. The van der Waals surface area contributed by atoms with Crippen LogP contribution in [0.1, 0.15) is 34.1 Å². The third-order valence-corrected chi connectivity index (χ3v) is 9.89. The van der Waals surface area contributed by atoms with Gasteiger partial charge < -0.3 is 23.8 Å². The SMILES string of the molecule is CCOP(=O)(OCC)C1(P(=O)(OCC)OCC)CC1N. The molecule has 20 heavy (non-hydrogen) atoms. The lowest BCUT2D eigenvalue weighted by Crippen LogP contribution is -2.26. The van der Waals surface area contributed by atoms with E-state index in [1.807, 2.05) is 0 Å². The third-order valence-electron chi connectivity index (χ3n) is 3.10. The van der Waals surface area contributed by atoms with Crippen molar-refractivity contribution in [3.05, 3.63) is 0 Å². The van der Waals surface area contributed by atoms with Crippen molar-refractivity contribution in [2.75, 3.05) is 26.4 Å². The second kappa shape index (κ2) is 7.01. The standard InChI is InChI=1S/C11H25NO6P2/c1-5-15-19(13,16-6-2)11(9-10(11)12)20(14,17-7-3)18-8-4/h10H,5-9,12H2,1-4H3. The summed E-state index contributed by atoms with van der Waals surface area (Å²) >= 11 is 0. The van der Waals surface area contributed by atoms with Crippen LogP contribution in [0, 0.1) is 0 Å². The topological polar surface area (TPSA) is 97.1 Å². The number of hydrogen-bond acceptors (Lipinski definition) is 7. The van der Waals surface area contributed by atoms with E-state index >= 15 is 0 Å². The lowest BCUT2D eigenvalue weighted by atomic mass is 10.8. The molecule has 0 amide bonds. The van der Waals surface area contributed by atoms with Gasteiger partial charge in [-0.05, 0) is 34.1 Å². The van der Waals surface area contributed by atoms with Crippen LogP contribution < -0.4 is 5.73 Å². The van der Waals surface area contributed by atoms with Crippen LogP contribution >= 0.6 is 15.2 Å². The Morgan fingerprint density at radius 2 is 1.15 bits per heavy atom. The summed E-state index contributed by atoms with van der Waals surface area (Å²) in [5, 5.41) is 0. The van der Waals surface area contributed by atoms with Gasteiger partial charge in [-0.3, -0.25) is 9.13 Å². The normalized spacial score (nSPS) is 21.9. The molecule has 0 spiro atoms. The zero-order valence-corrected chi connectivity index (χ0v) is 14.3. The van der Waals surface area contributed by atoms with Gasteiger partial charge in [-0.1, -0.05) is 0 Å². The van der Waals surface area contributed by atoms with Gasteiger partial charge in [-0.25, -0.2) is 0 Å². The molecule has 1 fully saturated rings. The molecular weight excluding hydrogens is 304 g/mol. The lowest BCUT2D eigenvalue weighted by molar-refractivity contribution is 0.191. The third kappa shape index (κ3) is 2.91. The van der Waals surface area contributed by atoms with E-state index in [-0.39, 0.29) is 32.8 Å². The molecule has 0 saturated heterocycles. The highest BCUT2D eigenvalue weighted by molar-refractivity contribution is 7.75. The van der Waals surface area contributed by atoms with Gasteiger partial charge in [0.05, 0.1) is 26.4 Å². The Balaban J connectivity index is 3.24. The summed E-state index contributed by atoms with van der Waals surface area (Å²) < 4.78 is 47.4. The van der Waals surface area contributed by atoms with Crippen LogP contribution in [0.4, 0.5) is 0 Å². The summed E-state index contributed by atoms with van der Waals surface area (Å²) in [7, 11) is -7.37. The molecule has 7 nitrogen and oxygen atoms in total. The molecule has 0 bridgehead atoms. The summed E-state index contributed by atoms with van der Waals surface area (Å²) in [5.41, 5.74) is 5.93. The first-order chi connectivity index (χ1) is 9.37. The van der Waals surface area contributed by atoms with E-state index in [0.717, 1.165) is 0 Å². The maximum atomic E-state index is 13.0. The molecule has 0 aromatic carbocycles. The summed E-state index contributed by atoms with van der Waals surface area (Å²) in [4.78, 5) is -1.38. The van der Waals surface area contributed by atoms with Gasteiger partial charge in [-0.15, -0.1) is 0 Å². The molecule has 120 valence electrons. The van der Waals surface area contributed by atoms with Gasteiger partial charge in [-0.2, -0.15) is 0 Å². The highest BCUT2D eigenvalue weighted by Gasteiger charge is 2.78. The summed E-state index contributed by atoms with van der Waals surface area (Å²) in [6.45, 7) is 7.46. The minimum Gasteiger partial charge on any atom is -0.326 e. The molecule has 0 aliphatic heterocycles. The smallest absolute Gasteiger partial charge is 0.326 e. The molecule has 0 aromatic rings. The van der Waals surface area contributed by atoms with E-state index in [4.69, 9.17) is 23.8 Å². The highest BCUT2D eigenvalue weighted by atomic mass is 31.2. The molecule has 1 aliphatic carbocycles. The van der Waals surface area contributed by atoms with Crippen LogP contribution in [-0.4, -0.2) is 37.4 Å². The van der Waals surface area contributed by atoms with Crippen LogP contribution in [0.3, 0.4) is 0 Å². The van der Waals surface area contributed by atoms with Crippen LogP contribution in [-0.2, 0) is 27.2 Å². The average molecular weight is 329 g/mol. The molecular formula is C11H25NO6P2. The van der Waals surface area contributed by atoms with Crippen LogP contribution in [0.2, 0.25) is 0 Å². The number of rotatable bonds is 10. The molecule has 1 saturated carbocycles. The van der Waals surface area contributed by atoms with E-state index in [9.17, 15) is 9.13 Å². The van der Waals surface area contributed by atoms with Crippen molar-refractivity contribution in [2.45, 2.75) is 45.1 Å². The van der Waals surface area contributed by atoms with Crippen molar-refractivity contribution in [2.24, 2.45) is 5.73 Å². The molecule has 1 atom stereocenters. The minimum atomic E-state index is -3.69. The molecule has 0 heterocycles. The van der Waals surface area contributed by atoms with E-state index in [1.54, 1.807) is 27.7 Å². The van der Waals surface area contributed by atoms with Crippen molar-refractivity contribution in [3.63, 3.8) is 0 Å². The quantitative estimate of drug-likeness (QED) is 0.615. The molecule has 0 radical (unpaired) electrons. The Hall–Kier alpha value is 0.260. The highest BCUT2D eigenvalue weighted by Crippen LogP contribution is 2.86. The summed E-state index contributed by atoms with van der Waals surface area (Å²) in [6.07, 6.45) is 0.238. The van der Waals surface area contributed by atoms with E-state index < -0.39 is 26.1 Å². The molecule has 9 heteroatoms. The van der Waals surface area contributed by atoms with E-state index in [0.29, 0.717) is 0 Å². The van der Waals surface area contributed by atoms with Gasteiger partial charge in [0, 0.05) is 6.04 Å². The molecule has 2 N–H and O–H groups in total. The Morgan fingerprint density at radius 1 is 0.900 bits per heavy atom. The Morgan fingerprint density at radius 3 is 1.30 bits per heavy atom. The van der Waals surface area contributed by atoms with Crippen molar-refractivity contribution in [1.82, 2.24) is 0 Å². The molecule has 1 aliphatic rings. The largest absolute Gasteiger partial charge is 0.350 e. The second-order valence-corrected chi connectivity index (χ2v) is 9.33. The first-order valence-electron chi connectivity index (χ1n) is 6.91. The van der Waals surface area contributed by atoms with Crippen molar-refractivity contribution >= 4 is 15.2 Å². The Bertz CT molecular complexity index is 366. The van der Waals surface area contributed by atoms with E-state index in [2.05, 4.69) is 0 Å². The predicted molar refractivity (Wildman–Crippen MR) is 77.0 cm³/mol. The number of nitrogens with two attached hydrogens (primary N) is 1. The van der Waals surface area contributed by atoms with Gasteiger partial charge in [0.15, 0.2) is 4.90 Å². The van der Waals surface area contributed by atoms with Gasteiger partial charge >= 0.3 is 15.2 Å². The van der Waals surface area contributed by atoms with Crippen molar-refractivity contribution in [3.8, 4) is 0 Å². The first-order valence-corrected chi connectivity index (χ1v) is 9.99. The monoisotopic (exact) mass is 329 g/mol. The van der Waals surface area contributed by atoms with Gasteiger partial charge in [0.1, 0.15) is 0 Å². The van der Waals surface area contributed by atoms with E-state index in [1.165, 1.54) is 0 Å². The maximum Gasteiger partial charge on any atom is 0.350 e. The molecule has 0 aromatic heterocycles. The average Bonchev–Trinajstić information content (AvgIpc) is 3.05. The first kappa shape index (κ1) is 18.3. The predicted octanol–water partition coefficient (Wildman–Crippen LogP) is 2.95. The maximum absolute atomic E-state index is 13.0. The fraction of sp³-hybridized carbons (Fsp3) is 1.00. The van der Waals surface area contributed by atoms with Gasteiger partial charge in [0.2, 0.25) is 0 Å². The fourth-order valence-electron chi connectivity index (χ4n) is 2.25. The van der Waals surface area contributed by atoms with Crippen LogP contribution in [0.25, 0.3) is 0 Å². The number of hydrogen-bond donors (Lipinski definition) is 1. The lowest BCUT2D eigenvalue weighted by Gasteiger charge is -2.32. The minimum absolute atomic E-state index is 0.171. The zero-order valence-electron chi connectivity index (χ0n) is 12.5. The Labute approximate surface area is 120 Å². The summed E-state index contributed by atoms with van der Waals surface area (Å²) in [5.74, 6) is 0. The van der Waals surface area contributed by atoms with Crippen LogP contribution in [0.5, 0.6) is 0 Å². The fourth-order valence-corrected chi connectivity index (χ4v) is 8.19. The van der Waals surface area contributed by atoms with Gasteiger partial charge in [0.25, 0.3) is 0 Å². The molecule has 1 rings (SSSR count). The second-order valence-electron chi connectivity index (χ2n) is 4.36.